The van der Waals surface area contributed by atoms with Gasteiger partial charge in [-0.1, -0.05) is 36.8 Å². The third-order valence-electron chi connectivity index (χ3n) is 3.51. The summed E-state index contributed by atoms with van der Waals surface area (Å²) in [5.41, 5.74) is 0. The fourth-order valence-electron chi connectivity index (χ4n) is 2.45. The Kier molecular flexibility index (Phi) is 4.84. The Bertz CT molecular complexity index is 528. The van der Waals surface area contributed by atoms with E-state index >= 15 is 0 Å². The zero-order valence-electron chi connectivity index (χ0n) is 11.0. The molecule has 1 unspecified atom stereocenters. The number of hydrogen-bond acceptors (Lipinski definition) is 5. The summed E-state index contributed by atoms with van der Waals surface area (Å²) in [4.78, 5) is 6.11. The maximum atomic E-state index is 12.4. The molecule has 1 atom stereocenters. The molecule has 1 saturated heterocycles. The molecule has 1 aromatic heterocycles. The molecule has 19 heavy (non-hydrogen) atoms. The minimum absolute atomic E-state index is 0.234. The van der Waals surface area contributed by atoms with Gasteiger partial charge in [0.15, 0.2) is 8.68 Å². The minimum atomic E-state index is -3.42. The van der Waals surface area contributed by atoms with E-state index in [1.54, 1.807) is 4.31 Å². The van der Waals surface area contributed by atoms with Crippen molar-refractivity contribution in [3.63, 3.8) is 0 Å². The molecule has 0 aliphatic carbocycles. The van der Waals surface area contributed by atoms with Crippen LogP contribution < -0.4 is 0 Å². The lowest BCUT2D eigenvalue weighted by Gasteiger charge is -2.25. The van der Waals surface area contributed by atoms with Crippen molar-refractivity contribution in [1.82, 2.24) is 14.2 Å². The van der Waals surface area contributed by atoms with E-state index in [1.165, 1.54) is 6.20 Å². The van der Waals surface area contributed by atoms with Crippen molar-refractivity contribution in [3.05, 3.63) is 10.7 Å². The highest BCUT2D eigenvalue weighted by Gasteiger charge is 2.35. The first-order valence-electron chi connectivity index (χ1n) is 6.34. The molecule has 0 bridgehead atoms. The Hall–Kier alpha value is -0.210. The minimum Gasteiger partial charge on any atom is -0.300 e. The fraction of sp³-hybridized carbons (Fsp3) is 0.727. The molecule has 2 rings (SSSR count). The lowest BCUT2D eigenvalue weighted by molar-refractivity contribution is 0.225. The number of thiazole rings is 1. The van der Waals surface area contributed by atoms with Crippen LogP contribution in [0.1, 0.15) is 20.3 Å². The SMILES string of the molecule is CCN(CC)C1CCN(S(=O)(=O)c2cnc(Cl)s2)C1. The summed E-state index contributed by atoms with van der Waals surface area (Å²) in [6, 6.07) is 0.313. The second-order valence-electron chi connectivity index (χ2n) is 4.46. The molecule has 108 valence electrons. The van der Waals surface area contributed by atoms with Crippen LogP contribution >= 0.6 is 22.9 Å². The van der Waals surface area contributed by atoms with Gasteiger partial charge < -0.3 is 0 Å². The van der Waals surface area contributed by atoms with Gasteiger partial charge in [0.1, 0.15) is 0 Å². The molecule has 1 aromatic rings. The lowest BCUT2D eigenvalue weighted by Crippen LogP contribution is -2.38. The summed E-state index contributed by atoms with van der Waals surface area (Å²) in [5, 5.41) is 0. The van der Waals surface area contributed by atoms with Crippen LogP contribution in [0.2, 0.25) is 4.47 Å². The largest absolute Gasteiger partial charge is 0.300 e. The molecule has 2 heterocycles. The highest BCUT2D eigenvalue weighted by Crippen LogP contribution is 2.28. The van der Waals surface area contributed by atoms with E-state index < -0.39 is 10.0 Å². The topological polar surface area (TPSA) is 53.5 Å². The summed E-state index contributed by atoms with van der Waals surface area (Å²) in [5.74, 6) is 0. The third kappa shape index (κ3) is 3.11. The monoisotopic (exact) mass is 323 g/mol. The number of nitrogens with zero attached hydrogens (tertiary/aromatic N) is 3. The van der Waals surface area contributed by atoms with Crippen molar-refractivity contribution in [1.29, 1.82) is 0 Å². The van der Waals surface area contributed by atoms with Gasteiger partial charge in [-0.3, -0.25) is 4.90 Å². The molecule has 0 saturated carbocycles. The quantitative estimate of drug-likeness (QED) is 0.830. The van der Waals surface area contributed by atoms with Crippen molar-refractivity contribution < 1.29 is 8.42 Å². The Morgan fingerprint density at radius 2 is 2.21 bits per heavy atom. The van der Waals surface area contributed by atoms with Gasteiger partial charge in [0.2, 0.25) is 0 Å². The summed E-state index contributed by atoms with van der Waals surface area (Å²) in [6.07, 6.45) is 2.22. The van der Waals surface area contributed by atoms with E-state index in [2.05, 4.69) is 23.7 Å². The molecular formula is C11H18ClN3O2S2. The maximum Gasteiger partial charge on any atom is 0.254 e. The number of aromatic nitrogens is 1. The molecular weight excluding hydrogens is 306 g/mol. The van der Waals surface area contributed by atoms with Crippen LogP contribution in [0.4, 0.5) is 0 Å². The number of halogens is 1. The molecule has 8 heteroatoms. The first kappa shape index (κ1) is 15.2. The van der Waals surface area contributed by atoms with Gasteiger partial charge in [-0.2, -0.15) is 4.31 Å². The molecule has 0 spiro atoms. The van der Waals surface area contributed by atoms with E-state index in [4.69, 9.17) is 11.6 Å². The van der Waals surface area contributed by atoms with Crippen LogP contribution in [0.3, 0.4) is 0 Å². The Balaban J connectivity index is 2.12. The normalized spacial score (nSPS) is 21.4. The Morgan fingerprint density at radius 3 is 2.74 bits per heavy atom. The van der Waals surface area contributed by atoms with E-state index in [9.17, 15) is 8.42 Å². The standard InChI is InChI=1S/C11H18ClN3O2S2/c1-3-14(4-2)9-5-6-15(8-9)19(16,17)10-7-13-11(12)18-10/h7,9H,3-6,8H2,1-2H3. The Morgan fingerprint density at radius 1 is 1.53 bits per heavy atom. The summed E-state index contributed by atoms with van der Waals surface area (Å²) in [6.45, 7) is 7.22. The first-order valence-corrected chi connectivity index (χ1v) is 8.98. The van der Waals surface area contributed by atoms with Crippen molar-refractivity contribution in [2.75, 3.05) is 26.2 Å². The van der Waals surface area contributed by atoms with Gasteiger partial charge in [-0.05, 0) is 19.5 Å². The maximum absolute atomic E-state index is 12.4. The number of sulfonamides is 1. The predicted molar refractivity (Wildman–Crippen MR) is 77.2 cm³/mol. The number of rotatable bonds is 5. The van der Waals surface area contributed by atoms with Crippen LogP contribution in [0, 0.1) is 0 Å². The summed E-state index contributed by atoms with van der Waals surface area (Å²) in [7, 11) is -3.42. The van der Waals surface area contributed by atoms with Crippen LogP contribution in [0.25, 0.3) is 0 Å². The van der Waals surface area contributed by atoms with Gasteiger partial charge in [-0.25, -0.2) is 13.4 Å². The predicted octanol–water partition coefficient (Wildman–Crippen LogP) is 1.90. The van der Waals surface area contributed by atoms with Crippen molar-refractivity contribution in [3.8, 4) is 0 Å². The number of likely N-dealkylation sites (N-methyl/N-ethyl adjacent to an activating group) is 1. The van der Waals surface area contributed by atoms with Crippen LogP contribution in [0.5, 0.6) is 0 Å². The fourth-order valence-corrected chi connectivity index (χ4v) is 5.39. The first-order chi connectivity index (χ1) is 8.98. The molecule has 1 aliphatic rings. The molecule has 1 fully saturated rings. The molecule has 5 nitrogen and oxygen atoms in total. The number of hydrogen-bond donors (Lipinski definition) is 0. The van der Waals surface area contributed by atoms with E-state index in [0.717, 1.165) is 30.8 Å². The van der Waals surface area contributed by atoms with Gasteiger partial charge in [0.25, 0.3) is 10.0 Å². The van der Waals surface area contributed by atoms with E-state index in [0.29, 0.717) is 19.1 Å². The van der Waals surface area contributed by atoms with E-state index in [1.807, 2.05) is 0 Å². The summed E-state index contributed by atoms with van der Waals surface area (Å²) >= 11 is 6.73. The second kappa shape index (κ2) is 6.05. The molecule has 0 radical (unpaired) electrons. The summed E-state index contributed by atoms with van der Waals surface area (Å²) < 4.78 is 26.9. The zero-order chi connectivity index (χ0) is 14.0. The molecule has 0 aromatic carbocycles. The van der Waals surface area contributed by atoms with E-state index in [-0.39, 0.29) is 8.68 Å². The van der Waals surface area contributed by atoms with Crippen molar-refractivity contribution in [2.45, 2.75) is 30.5 Å². The van der Waals surface area contributed by atoms with Crippen molar-refractivity contribution >= 4 is 33.0 Å². The van der Waals surface area contributed by atoms with Gasteiger partial charge in [0, 0.05) is 19.1 Å². The molecule has 1 aliphatic heterocycles. The van der Waals surface area contributed by atoms with Crippen LogP contribution in [0.15, 0.2) is 10.4 Å². The lowest BCUT2D eigenvalue weighted by atomic mass is 10.2. The van der Waals surface area contributed by atoms with Crippen molar-refractivity contribution in [2.24, 2.45) is 0 Å². The third-order valence-corrected chi connectivity index (χ3v) is 6.92. The zero-order valence-corrected chi connectivity index (χ0v) is 13.4. The molecule has 0 amide bonds. The van der Waals surface area contributed by atoms with Gasteiger partial charge >= 0.3 is 0 Å². The van der Waals surface area contributed by atoms with Gasteiger partial charge in [-0.15, -0.1) is 0 Å². The highest BCUT2D eigenvalue weighted by atomic mass is 35.5. The second-order valence-corrected chi connectivity index (χ2v) is 8.24. The van der Waals surface area contributed by atoms with Crippen LogP contribution in [-0.4, -0.2) is 54.8 Å². The average Bonchev–Trinajstić information content (AvgIpc) is 3.00. The Labute approximate surface area is 123 Å². The average molecular weight is 324 g/mol. The van der Waals surface area contributed by atoms with Gasteiger partial charge in [0.05, 0.1) is 6.20 Å². The van der Waals surface area contributed by atoms with Crippen LogP contribution in [-0.2, 0) is 10.0 Å². The highest BCUT2D eigenvalue weighted by molar-refractivity contribution is 7.91. The smallest absolute Gasteiger partial charge is 0.254 e. The molecule has 0 N–H and O–H groups in total.